The fraction of sp³-hybridized carbons (Fsp3) is 0.583. The Balaban J connectivity index is 1.67. The first-order valence-electron chi connectivity index (χ1n) is 10.9. The molecule has 1 aliphatic carbocycles. The first kappa shape index (κ1) is 25.0. The predicted molar refractivity (Wildman–Crippen MR) is 116 cm³/mol. The number of hydrogen-bond acceptors (Lipinski definition) is 7. The molecule has 0 aromatic heterocycles. The van der Waals surface area contributed by atoms with E-state index in [2.05, 4.69) is 4.74 Å². The van der Waals surface area contributed by atoms with E-state index in [0.717, 1.165) is 25.7 Å². The molecular weight excluding hydrogens is 400 g/mol. The van der Waals surface area contributed by atoms with Gasteiger partial charge in [-0.3, -0.25) is 9.59 Å². The topological polar surface area (TPSA) is 102 Å². The fourth-order valence-electron chi connectivity index (χ4n) is 3.57. The number of ketones is 1. The van der Waals surface area contributed by atoms with Gasteiger partial charge in [-0.2, -0.15) is 0 Å². The van der Waals surface area contributed by atoms with E-state index in [1.54, 1.807) is 12.1 Å². The Morgan fingerprint density at radius 2 is 1.94 bits per heavy atom. The molecule has 1 aliphatic rings. The van der Waals surface area contributed by atoms with Gasteiger partial charge >= 0.3 is 5.97 Å². The van der Waals surface area contributed by atoms with Gasteiger partial charge in [0.05, 0.1) is 25.9 Å². The van der Waals surface area contributed by atoms with Gasteiger partial charge in [-0.05, 0) is 37.8 Å². The summed E-state index contributed by atoms with van der Waals surface area (Å²) in [6, 6.07) is 9.17. The van der Waals surface area contributed by atoms with Crippen LogP contribution >= 0.6 is 0 Å². The van der Waals surface area contributed by atoms with E-state index in [9.17, 15) is 19.8 Å². The Morgan fingerprint density at radius 1 is 1.16 bits per heavy atom. The Kier molecular flexibility index (Phi) is 11.3. The van der Waals surface area contributed by atoms with Crippen LogP contribution in [0.15, 0.2) is 42.5 Å². The number of ether oxygens (including phenoxy) is 3. The number of rotatable bonds is 14. The second-order valence-corrected chi connectivity index (χ2v) is 7.80. The highest BCUT2D eigenvalue weighted by atomic mass is 16.5. The van der Waals surface area contributed by atoms with Crippen molar-refractivity contribution >= 4 is 11.8 Å². The average molecular weight is 435 g/mol. The Labute approximate surface area is 184 Å². The second-order valence-electron chi connectivity index (χ2n) is 7.80. The highest BCUT2D eigenvalue weighted by molar-refractivity contribution is 5.85. The minimum absolute atomic E-state index is 0.0117. The van der Waals surface area contributed by atoms with Crippen LogP contribution in [0.3, 0.4) is 0 Å². The smallest absolute Gasteiger partial charge is 0.305 e. The monoisotopic (exact) mass is 434 g/mol. The molecular formula is C24H34O7. The van der Waals surface area contributed by atoms with Crippen LogP contribution in [-0.4, -0.2) is 60.6 Å². The molecule has 1 fully saturated rings. The van der Waals surface area contributed by atoms with E-state index in [0.29, 0.717) is 18.6 Å². The zero-order chi connectivity index (χ0) is 22.5. The summed E-state index contributed by atoms with van der Waals surface area (Å²) in [6.07, 6.45) is 6.23. The molecule has 172 valence electrons. The normalized spacial score (nSPS) is 22.0. The van der Waals surface area contributed by atoms with Crippen molar-refractivity contribution in [3.63, 3.8) is 0 Å². The van der Waals surface area contributed by atoms with Gasteiger partial charge in [-0.1, -0.05) is 36.8 Å². The second kappa shape index (κ2) is 14.0. The van der Waals surface area contributed by atoms with Crippen LogP contribution in [-0.2, 0) is 19.1 Å². The van der Waals surface area contributed by atoms with E-state index in [-0.39, 0.29) is 31.4 Å². The number of carbonyl (C=O) groups excluding carboxylic acids is 2. The Morgan fingerprint density at radius 3 is 2.68 bits per heavy atom. The third-order valence-electron chi connectivity index (χ3n) is 5.30. The number of aliphatic hydroxyl groups is 2. The van der Waals surface area contributed by atoms with Crippen molar-refractivity contribution < 1.29 is 34.0 Å². The first-order chi connectivity index (χ1) is 15.0. The zero-order valence-corrected chi connectivity index (χ0v) is 18.2. The molecule has 0 amide bonds. The van der Waals surface area contributed by atoms with Crippen LogP contribution in [0.5, 0.6) is 5.75 Å². The lowest BCUT2D eigenvalue weighted by atomic mass is 9.99. The van der Waals surface area contributed by atoms with Crippen molar-refractivity contribution in [2.24, 2.45) is 5.92 Å². The van der Waals surface area contributed by atoms with Crippen LogP contribution in [0.4, 0.5) is 0 Å². The summed E-state index contributed by atoms with van der Waals surface area (Å²) in [5.74, 6) is 0.0469. The molecule has 1 aromatic carbocycles. The van der Waals surface area contributed by atoms with Crippen molar-refractivity contribution in [2.45, 2.75) is 63.3 Å². The summed E-state index contributed by atoms with van der Waals surface area (Å²) in [5, 5.41) is 20.3. The summed E-state index contributed by atoms with van der Waals surface area (Å²) in [6.45, 7) is 0.0591. The number of unbranched alkanes of at least 4 members (excludes halogenated alkanes) is 3. The van der Waals surface area contributed by atoms with Crippen LogP contribution < -0.4 is 4.74 Å². The third-order valence-corrected chi connectivity index (χ3v) is 5.30. The number of hydrogen-bond donors (Lipinski definition) is 2. The van der Waals surface area contributed by atoms with Gasteiger partial charge in [0.1, 0.15) is 24.2 Å². The van der Waals surface area contributed by atoms with E-state index in [4.69, 9.17) is 9.47 Å². The number of methoxy groups -OCH3 is 1. The van der Waals surface area contributed by atoms with Gasteiger partial charge in [0.15, 0.2) is 0 Å². The minimum Gasteiger partial charge on any atom is -0.491 e. The lowest BCUT2D eigenvalue weighted by Crippen LogP contribution is -2.34. The maximum atomic E-state index is 12.2. The summed E-state index contributed by atoms with van der Waals surface area (Å²) in [5.41, 5.74) is 0. The van der Waals surface area contributed by atoms with Gasteiger partial charge in [0, 0.05) is 18.8 Å². The standard InChI is InChI=1S/C24H34O7/c1-29-23(28)14-10-5-3-2-4-9-13-20-21(26)15-22(27)24(20)31-17-18(25)16-30-19-11-7-6-8-12-19/h4,6-9,11-12,18,20,22,24-25,27H,2-3,5,10,13-17H2,1H3. The molecule has 7 nitrogen and oxygen atoms in total. The minimum atomic E-state index is -0.857. The summed E-state index contributed by atoms with van der Waals surface area (Å²) in [4.78, 5) is 23.3. The van der Waals surface area contributed by atoms with Gasteiger partial charge in [-0.25, -0.2) is 0 Å². The molecule has 0 heterocycles. The predicted octanol–water partition coefficient (Wildman–Crippen LogP) is 2.83. The van der Waals surface area contributed by atoms with E-state index in [1.165, 1.54) is 7.11 Å². The molecule has 2 rings (SSSR count). The number of Topliss-reactive ketones (excluding diaryl/α,β-unsaturated/α-hetero) is 1. The molecule has 0 aliphatic heterocycles. The number of aliphatic hydroxyl groups excluding tert-OH is 2. The molecule has 31 heavy (non-hydrogen) atoms. The van der Waals surface area contributed by atoms with Crippen LogP contribution in [0.1, 0.15) is 44.9 Å². The maximum Gasteiger partial charge on any atom is 0.305 e. The van der Waals surface area contributed by atoms with Crippen molar-refractivity contribution in [3.8, 4) is 5.75 Å². The Hall–Kier alpha value is -2.22. The SMILES string of the molecule is COC(=O)CCCCCC=CCC1C(=O)CC(O)C1OCC(O)COc1ccccc1. The highest BCUT2D eigenvalue weighted by Gasteiger charge is 2.41. The number of esters is 1. The summed E-state index contributed by atoms with van der Waals surface area (Å²) in [7, 11) is 1.39. The molecule has 4 atom stereocenters. The molecule has 7 heteroatoms. The largest absolute Gasteiger partial charge is 0.491 e. The van der Waals surface area contributed by atoms with Gasteiger partial charge in [0.2, 0.25) is 0 Å². The van der Waals surface area contributed by atoms with Crippen molar-refractivity contribution in [3.05, 3.63) is 42.5 Å². The van der Waals surface area contributed by atoms with Crippen molar-refractivity contribution in [1.29, 1.82) is 0 Å². The van der Waals surface area contributed by atoms with Crippen LogP contribution in [0.25, 0.3) is 0 Å². The maximum absolute atomic E-state index is 12.2. The summed E-state index contributed by atoms with van der Waals surface area (Å²) < 4.78 is 15.8. The van der Waals surface area contributed by atoms with Crippen molar-refractivity contribution in [1.82, 2.24) is 0 Å². The van der Waals surface area contributed by atoms with Gasteiger partial charge in [0.25, 0.3) is 0 Å². The number of para-hydroxylation sites is 1. The molecule has 0 bridgehead atoms. The van der Waals surface area contributed by atoms with Crippen LogP contribution in [0, 0.1) is 5.92 Å². The average Bonchev–Trinajstić information content (AvgIpc) is 3.05. The molecule has 0 saturated heterocycles. The molecule has 1 saturated carbocycles. The number of allylic oxidation sites excluding steroid dienone is 2. The number of benzene rings is 1. The number of carbonyl (C=O) groups is 2. The van der Waals surface area contributed by atoms with E-state index < -0.39 is 24.2 Å². The third kappa shape index (κ3) is 9.21. The lowest BCUT2D eigenvalue weighted by Gasteiger charge is -2.22. The van der Waals surface area contributed by atoms with Crippen molar-refractivity contribution in [2.75, 3.05) is 20.3 Å². The molecule has 2 N–H and O–H groups in total. The molecule has 1 aromatic rings. The quantitative estimate of drug-likeness (QED) is 0.264. The lowest BCUT2D eigenvalue weighted by molar-refractivity contribution is -0.140. The Bertz CT molecular complexity index is 688. The first-order valence-corrected chi connectivity index (χ1v) is 10.9. The van der Waals surface area contributed by atoms with E-state index in [1.807, 2.05) is 30.4 Å². The van der Waals surface area contributed by atoms with E-state index >= 15 is 0 Å². The zero-order valence-electron chi connectivity index (χ0n) is 18.2. The van der Waals surface area contributed by atoms with Crippen LogP contribution in [0.2, 0.25) is 0 Å². The van der Waals surface area contributed by atoms with Gasteiger partial charge in [-0.15, -0.1) is 0 Å². The molecule has 0 radical (unpaired) electrons. The molecule has 4 unspecified atom stereocenters. The molecule has 0 spiro atoms. The summed E-state index contributed by atoms with van der Waals surface area (Å²) >= 11 is 0. The highest BCUT2D eigenvalue weighted by Crippen LogP contribution is 2.29. The fourth-order valence-corrected chi connectivity index (χ4v) is 3.57. The van der Waals surface area contributed by atoms with Gasteiger partial charge < -0.3 is 24.4 Å².